The first-order valence-corrected chi connectivity index (χ1v) is 25.8. The van der Waals surface area contributed by atoms with Crippen molar-refractivity contribution in [1.82, 2.24) is 34.2 Å². The van der Waals surface area contributed by atoms with E-state index in [1.165, 1.54) is 16.7 Å². The minimum absolute atomic E-state index is 0.0777. The fourth-order valence-corrected chi connectivity index (χ4v) is 9.62. The van der Waals surface area contributed by atoms with Crippen molar-refractivity contribution in [3.63, 3.8) is 0 Å². The average Bonchev–Trinajstić information content (AvgIpc) is 3.65. The van der Waals surface area contributed by atoms with Crippen LogP contribution in [0.5, 0.6) is 0 Å². The molecule has 0 bridgehead atoms. The third-order valence-corrected chi connectivity index (χ3v) is 17.5. The molecule has 1 aromatic carbocycles. The molecule has 0 spiro atoms. The molecule has 2 fully saturated rings. The van der Waals surface area contributed by atoms with E-state index in [1.54, 1.807) is 28.0 Å². The van der Waals surface area contributed by atoms with E-state index in [-0.39, 0.29) is 64.2 Å². The second-order valence-electron chi connectivity index (χ2n) is 20.4. The molecule has 5 aromatic rings. The third kappa shape index (κ3) is 9.46. The van der Waals surface area contributed by atoms with E-state index in [4.69, 9.17) is 28.9 Å². The summed E-state index contributed by atoms with van der Waals surface area (Å²) >= 11 is 0. The Kier molecular flexibility index (Phi) is 13.4. The van der Waals surface area contributed by atoms with Gasteiger partial charge in [-0.25, -0.2) is 32.6 Å². The van der Waals surface area contributed by atoms with Crippen LogP contribution in [0.15, 0.2) is 41.5 Å². The Balaban J connectivity index is 1.41. The number of carbonyl (C=O) groups is 1. The van der Waals surface area contributed by atoms with E-state index in [1.807, 2.05) is 59.4 Å². The Bertz CT molecular complexity index is 2580. The maximum Gasteiger partial charge on any atom is 0.410 e. The number of aryl methyl sites for hydroxylation is 1. The molecule has 0 radical (unpaired) electrons. The molecule has 3 atom stereocenters. The van der Waals surface area contributed by atoms with Gasteiger partial charge in [0, 0.05) is 50.0 Å². The number of carbonyl (C=O) groups excluding carboxylic acids is 1. The first-order chi connectivity index (χ1) is 30.1. The van der Waals surface area contributed by atoms with Crippen LogP contribution in [0.1, 0.15) is 125 Å². The topological polar surface area (TPSA) is 130 Å². The zero-order chi connectivity index (χ0) is 46.5. The van der Waals surface area contributed by atoms with E-state index in [0.717, 1.165) is 31.2 Å². The van der Waals surface area contributed by atoms with Gasteiger partial charge in [-0.3, -0.25) is 4.98 Å². The van der Waals surface area contributed by atoms with Gasteiger partial charge in [0.1, 0.15) is 22.9 Å². The van der Waals surface area contributed by atoms with Crippen LogP contribution in [-0.2, 0) is 20.3 Å². The summed E-state index contributed by atoms with van der Waals surface area (Å²) in [5, 5.41) is 5.55. The molecule has 4 aromatic heterocycles. The third-order valence-electron chi connectivity index (χ3n) is 13.0. The highest BCUT2D eigenvalue weighted by molar-refractivity contribution is 6.74. The first kappa shape index (κ1) is 47.2. The van der Waals surface area contributed by atoms with Gasteiger partial charge in [-0.1, -0.05) is 34.6 Å². The molecule has 64 heavy (non-hydrogen) atoms. The van der Waals surface area contributed by atoms with Crippen molar-refractivity contribution in [3.05, 3.63) is 70.0 Å². The molecule has 7 rings (SSSR count). The lowest BCUT2D eigenvalue weighted by Crippen LogP contribution is -2.59. The Labute approximate surface area is 376 Å². The second-order valence-corrected chi connectivity index (χ2v) is 25.2. The zero-order valence-electron chi connectivity index (χ0n) is 39.7. The predicted octanol–water partition coefficient (Wildman–Crippen LogP) is 10.5. The minimum atomic E-state index is -1.95. The number of fused-ring (bicyclic) bond motifs is 2. The van der Waals surface area contributed by atoms with Crippen molar-refractivity contribution in [3.8, 4) is 16.9 Å². The van der Waals surface area contributed by atoms with E-state index in [9.17, 15) is 4.79 Å². The molecule has 0 N–H and O–H groups in total. The molecule has 0 aliphatic carbocycles. The summed E-state index contributed by atoms with van der Waals surface area (Å²) in [5.74, 6) is -1.40. The van der Waals surface area contributed by atoms with Crippen LogP contribution >= 0.6 is 0 Å². The van der Waals surface area contributed by atoms with Crippen LogP contribution in [0.25, 0.3) is 38.9 Å². The number of anilines is 1. The monoisotopic (exact) mass is 900 g/mol. The summed E-state index contributed by atoms with van der Waals surface area (Å²) in [4.78, 5) is 46.5. The number of rotatable bonds is 11. The Hall–Kier alpha value is -4.80. The van der Waals surface area contributed by atoms with Gasteiger partial charge in [-0.2, -0.15) is 10.1 Å². The van der Waals surface area contributed by atoms with Crippen molar-refractivity contribution in [1.29, 1.82) is 0 Å². The molecule has 13 nitrogen and oxygen atoms in total. The van der Waals surface area contributed by atoms with E-state index in [0.29, 0.717) is 48.3 Å². The maximum absolute atomic E-state index is 17.2. The molecular weight excluding hydrogens is 835 g/mol. The van der Waals surface area contributed by atoms with Gasteiger partial charge in [-0.15, -0.1) is 0 Å². The number of benzene rings is 1. The van der Waals surface area contributed by atoms with Crippen molar-refractivity contribution in [2.45, 2.75) is 156 Å². The predicted molar refractivity (Wildman–Crippen MR) is 250 cm³/mol. The second kappa shape index (κ2) is 18.2. The van der Waals surface area contributed by atoms with Crippen molar-refractivity contribution >= 4 is 42.2 Å². The number of ether oxygens (including phenoxy) is 2. The number of halogens is 2. The highest BCUT2D eigenvalue weighted by atomic mass is 28.4. The number of hydrogen-bond acceptors (Lipinski definition) is 10. The van der Waals surface area contributed by atoms with Crippen LogP contribution in [0.3, 0.4) is 0 Å². The standard InChI is InChI=1S/C48H66F2N8O5Si/c1-29(2)39-42(32(21-22-51-39)17-13-16-24-62-64(11,12)48(8,9)10)57-44-34(43(54-45(57)59)55-27-31(4)56(28-30(55)3)46(60)63-47(5,6)7)25-36(50)40(53-44)38-35(49)20-19-33-26-52-58(41(33)38)37-18-14-15-23-61-37/h19-22,25-26,29-31,37H,13-18,23-24,27-28H2,1-12H3/t30-,31+,37?/m0/s1. The van der Waals surface area contributed by atoms with Crippen molar-refractivity contribution in [2.24, 2.45) is 0 Å². The summed E-state index contributed by atoms with van der Waals surface area (Å²) in [7, 11) is -1.95. The lowest BCUT2D eigenvalue weighted by molar-refractivity contribution is -0.0366. The number of aromatic nitrogens is 6. The summed E-state index contributed by atoms with van der Waals surface area (Å²) in [6, 6.07) is 5.42. The minimum Gasteiger partial charge on any atom is -0.444 e. The largest absolute Gasteiger partial charge is 0.444 e. The number of hydrogen-bond donors (Lipinski definition) is 0. The molecule has 16 heteroatoms. The molecule has 346 valence electrons. The molecule has 1 unspecified atom stereocenters. The van der Waals surface area contributed by atoms with E-state index in [2.05, 4.69) is 39.0 Å². The number of nitrogens with zero attached hydrogens (tertiary/aromatic N) is 8. The van der Waals surface area contributed by atoms with Crippen LogP contribution in [0.4, 0.5) is 19.4 Å². The van der Waals surface area contributed by atoms with Crippen molar-refractivity contribution < 1.29 is 27.5 Å². The van der Waals surface area contributed by atoms with Gasteiger partial charge in [0.25, 0.3) is 0 Å². The van der Waals surface area contributed by atoms with Crippen molar-refractivity contribution in [2.75, 3.05) is 31.2 Å². The number of unbranched alkanes of at least 4 members (excludes halogenated alkanes) is 1. The highest BCUT2D eigenvalue weighted by Gasteiger charge is 2.38. The van der Waals surface area contributed by atoms with Gasteiger partial charge < -0.3 is 23.7 Å². The zero-order valence-corrected chi connectivity index (χ0v) is 40.7. The molecule has 1 amide bonds. The van der Waals surface area contributed by atoms with Gasteiger partial charge in [0.2, 0.25) is 0 Å². The summed E-state index contributed by atoms with van der Waals surface area (Å²) in [6.45, 7) is 26.2. The maximum atomic E-state index is 17.2. The van der Waals surface area contributed by atoms with E-state index < -0.39 is 43.6 Å². The van der Waals surface area contributed by atoms with E-state index >= 15 is 13.6 Å². The van der Waals surface area contributed by atoms with Gasteiger partial charge >= 0.3 is 11.8 Å². The Morgan fingerprint density at radius 1 is 0.984 bits per heavy atom. The number of piperazine rings is 1. The normalized spacial score (nSPS) is 19.0. The van der Waals surface area contributed by atoms with Gasteiger partial charge in [0.15, 0.2) is 26.0 Å². The molecule has 2 aliphatic rings. The van der Waals surface area contributed by atoms with Gasteiger partial charge in [-0.05, 0) is 127 Å². The van der Waals surface area contributed by atoms with Gasteiger partial charge in [0.05, 0.1) is 34.0 Å². The molecule has 6 heterocycles. The molecule has 2 aliphatic heterocycles. The summed E-state index contributed by atoms with van der Waals surface area (Å²) in [6.07, 6.45) is 7.11. The van der Waals surface area contributed by atoms with Crippen LogP contribution in [0, 0.1) is 11.6 Å². The first-order valence-electron chi connectivity index (χ1n) is 22.9. The van der Waals surface area contributed by atoms with Crippen LogP contribution in [0.2, 0.25) is 18.1 Å². The smallest absolute Gasteiger partial charge is 0.410 e. The van der Waals surface area contributed by atoms with Crippen LogP contribution in [-0.4, -0.2) is 92.6 Å². The number of amides is 1. The molecular formula is C48H66F2N8O5Si. The summed E-state index contributed by atoms with van der Waals surface area (Å²) < 4.78 is 55.2. The SMILES string of the molecule is CC(C)c1nccc(CCCCO[Si](C)(C)C(C)(C)C)c1-n1c(=O)nc(N2C[C@@H](C)N(C(=O)OC(C)(C)C)C[C@@H]2C)c2cc(F)c(-c3c(F)ccc4cnn(C5CCCCO5)c34)nc21. The molecule has 0 saturated carbocycles. The van der Waals surface area contributed by atoms with Crippen LogP contribution < -0.4 is 10.6 Å². The molecule has 2 saturated heterocycles. The fourth-order valence-electron chi connectivity index (χ4n) is 8.53. The Morgan fingerprint density at radius 3 is 2.41 bits per heavy atom. The fraction of sp³-hybridized carbons (Fsp3) is 0.583. The Morgan fingerprint density at radius 2 is 1.73 bits per heavy atom. The summed E-state index contributed by atoms with van der Waals surface area (Å²) in [5.41, 5.74) is 0.807. The number of pyridine rings is 2. The quantitative estimate of drug-likeness (QED) is 0.0933. The highest BCUT2D eigenvalue weighted by Crippen LogP contribution is 2.40. The lowest BCUT2D eigenvalue weighted by Gasteiger charge is -2.44. The average molecular weight is 901 g/mol. The lowest BCUT2D eigenvalue weighted by atomic mass is 10.00.